The number of nitrogens with two attached hydrogens (primary N) is 1. The highest BCUT2D eigenvalue weighted by Gasteiger charge is 2.80. The molecule has 0 bridgehead atoms. The van der Waals surface area contributed by atoms with E-state index in [0.29, 0.717) is 17.2 Å². The van der Waals surface area contributed by atoms with Crippen molar-refractivity contribution in [1.82, 2.24) is 0 Å². The van der Waals surface area contributed by atoms with Gasteiger partial charge in [0.2, 0.25) is 0 Å². The van der Waals surface area contributed by atoms with Gasteiger partial charge in [-0.3, -0.25) is 9.59 Å². The van der Waals surface area contributed by atoms with Gasteiger partial charge in [0.25, 0.3) is 0 Å². The van der Waals surface area contributed by atoms with Crippen LogP contribution in [-0.2, 0) is 19.1 Å². The Bertz CT molecular complexity index is 1520. The summed E-state index contributed by atoms with van der Waals surface area (Å²) in [5, 5.41) is 21.8. The lowest BCUT2D eigenvalue weighted by Gasteiger charge is -2.63. The highest BCUT2D eigenvalue weighted by Crippen LogP contribution is 2.72. The molecule has 242 valence electrons. The van der Waals surface area contributed by atoms with Crippen molar-refractivity contribution in [2.24, 2.45) is 28.6 Å². The summed E-state index contributed by atoms with van der Waals surface area (Å²) in [4.78, 5) is 25.8. The normalized spacial score (nSPS) is 42.9. The van der Waals surface area contributed by atoms with E-state index in [1.165, 1.54) is 19.1 Å². The number of carbonyl (C=O) groups is 2. The lowest BCUT2D eigenvalue weighted by Crippen LogP contribution is -2.71. The number of aliphatic hydroxyl groups is 2. The fraction of sp³-hybridized carbons (Fsp3) is 0.543. The van der Waals surface area contributed by atoms with Crippen LogP contribution in [0.5, 0.6) is 5.75 Å². The highest BCUT2D eigenvalue weighted by atomic mass is 19.1. The van der Waals surface area contributed by atoms with E-state index in [2.05, 4.69) is 0 Å². The van der Waals surface area contributed by atoms with E-state index in [-0.39, 0.29) is 30.8 Å². The minimum absolute atomic E-state index is 0.0316. The van der Waals surface area contributed by atoms with Crippen LogP contribution in [-0.4, -0.2) is 64.3 Å². The second-order valence-electron chi connectivity index (χ2n) is 13.6. The first-order valence-electron chi connectivity index (χ1n) is 15.6. The van der Waals surface area contributed by atoms with Crippen molar-refractivity contribution >= 4 is 17.3 Å². The van der Waals surface area contributed by atoms with Crippen LogP contribution in [0.15, 0.2) is 72.1 Å². The standard InChI is InChI=1S/C35H41F2NO7/c1-5-22(43-23-8-6-7-20(38)13-23)10-9-19(2)31-44-30-16-24-25-15-27(36)26-14-21(40)11-12-32(26,3)34(25,37)28(41)17-33(24,4)35(30,45-31)29(42)18-39/h5-14,19,24-25,27-28,30-31,39,41H,15-18,38H2,1-4H3/b10-9-,22-5+/t19?,24-,25-,27-,28-,30+,31-,32-,33-,34-,35+/m0/s1. The molecule has 4 N–H and O–H groups in total. The number of ketones is 2. The third kappa shape index (κ3) is 4.43. The number of hydrogen-bond acceptors (Lipinski definition) is 8. The second kappa shape index (κ2) is 11.0. The Morgan fingerprint density at radius 1 is 1.27 bits per heavy atom. The molecule has 1 heterocycles. The van der Waals surface area contributed by atoms with Crippen LogP contribution in [0, 0.1) is 28.6 Å². The van der Waals surface area contributed by atoms with E-state index in [0.717, 1.165) is 6.08 Å². The molecule has 11 atom stereocenters. The maximum Gasteiger partial charge on any atom is 0.193 e. The molecule has 8 nitrogen and oxygen atoms in total. The molecule has 4 fully saturated rings. The second-order valence-corrected chi connectivity index (χ2v) is 13.6. The van der Waals surface area contributed by atoms with Crippen molar-refractivity contribution in [2.45, 2.75) is 82.9 Å². The highest BCUT2D eigenvalue weighted by molar-refractivity contribution is 6.01. The number of carbonyl (C=O) groups excluding carboxylic acids is 2. The molecular formula is C35H41F2NO7. The van der Waals surface area contributed by atoms with Gasteiger partial charge >= 0.3 is 0 Å². The topological polar surface area (TPSA) is 128 Å². The third-order valence-electron chi connectivity index (χ3n) is 11.3. The molecule has 1 aromatic rings. The van der Waals surface area contributed by atoms with Crippen molar-refractivity contribution in [3.8, 4) is 5.75 Å². The summed E-state index contributed by atoms with van der Waals surface area (Å²) < 4.78 is 52.2. The Labute approximate surface area is 261 Å². The zero-order chi connectivity index (χ0) is 32.5. The number of alkyl halides is 2. The minimum Gasteiger partial charge on any atom is -0.458 e. The van der Waals surface area contributed by atoms with E-state index in [4.69, 9.17) is 19.9 Å². The van der Waals surface area contributed by atoms with Gasteiger partial charge in [0.15, 0.2) is 29.1 Å². The van der Waals surface area contributed by atoms with Gasteiger partial charge in [0, 0.05) is 34.4 Å². The Kier molecular flexibility index (Phi) is 7.75. The number of rotatable bonds is 7. The Balaban J connectivity index is 1.29. The van der Waals surface area contributed by atoms with Gasteiger partial charge in [-0.05, 0) is 81.0 Å². The molecule has 4 aliphatic carbocycles. The fourth-order valence-electron chi connectivity index (χ4n) is 9.07. The SMILES string of the molecule is C/C=C(\C=C/C(C)[C@H]1O[C@@H]2C[C@H]3[C@@H]4C[C@H](F)C5=CC(=O)C=C[C@]5(C)[C@@]4(F)[C@@H](O)C[C@]3(C)[C@]2(C(=O)CO)O1)Oc1cccc(N)c1. The van der Waals surface area contributed by atoms with Crippen LogP contribution >= 0.6 is 0 Å². The summed E-state index contributed by atoms with van der Waals surface area (Å²) in [5.41, 5.74) is -0.237. The average Bonchev–Trinajstić information content (AvgIpc) is 3.50. The molecule has 1 unspecified atom stereocenters. The molecule has 3 saturated carbocycles. The largest absolute Gasteiger partial charge is 0.458 e. The first kappa shape index (κ1) is 31.8. The number of allylic oxidation sites excluding steroid dienone is 6. The molecular weight excluding hydrogens is 584 g/mol. The van der Waals surface area contributed by atoms with Gasteiger partial charge in [0.1, 0.15) is 24.3 Å². The number of Topliss-reactive ketones (excluding diaryl/α,β-unsaturated/α-hetero) is 1. The molecule has 1 aliphatic heterocycles. The summed E-state index contributed by atoms with van der Waals surface area (Å²) in [6, 6.07) is 7.03. The van der Waals surface area contributed by atoms with Crippen LogP contribution in [0.3, 0.4) is 0 Å². The molecule has 1 saturated heterocycles. The maximum atomic E-state index is 17.5. The van der Waals surface area contributed by atoms with Gasteiger partial charge in [-0.2, -0.15) is 0 Å². The van der Waals surface area contributed by atoms with Crippen LogP contribution in [0.2, 0.25) is 0 Å². The van der Waals surface area contributed by atoms with Gasteiger partial charge in [-0.1, -0.05) is 32.1 Å². The summed E-state index contributed by atoms with van der Waals surface area (Å²) >= 11 is 0. The molecule has 0 amide bonds. The fourth-order valence-corrected chi connectivity index (χ4v) is 9.07. The molecule has 6 rings (SSSR count). The summed E-state index contributed by atoms with van der Waals surface area (Å²) in [7, 11) is 0. The molecule has 5 aliphatic rings. The monoisotopic (exact) mass is 625 g/mol. The lowest BCUT2D eigenvalue weighted by atomic mass is 9.44. The average molecular weight is 626 g/mol. The van der Waals surface area contributed by atoms with Crippen molar-refractivity contribution < 1.29 is 42.8 Å². The Hall–Kier alpha value is -3.18. The molecule has 0 aromatic heterocycles. The molecule has 0 spiro atoms. The Morgan fingerprint density at radius 3 is 2.71 bits per heavy atom. The predicted molar refractivity (Wildman–Crippen MR) is 162 cm³/mol. The number of halogens is 2. The third-order valence-corrected chi connectivity index (χ3v) is 11.3. The van der Waals surface area contributed by atoms with Crippen LogP contribution in [0.25, 0.3) is 0 Å². The molecule has 10 heteroatoms. The lowest BCUT2D eigenvalue weighted by molar-refractivity contribution is -0.236. The summed E-state index contributed by atoms with van der Waals surface area (Å²) in [6.07, 6.45) is 3.93. The minimum atomic E-state index is -2.30. The number of fused-ring (bicyclic) bond motifs is 7. The van der Waals surface area contributed by atoms with Crippen molar-refractivity contribution in [3.63, 3.8) is 0 Å². The zero-order valence-corrected chi connectivity index (χ0v) is 25.9. The van der Waals surface area contributed by atoms with E-state index >= 15 is 8.78 Å². The van der Waals surface area contributed by atoms with Gasteiger partial charge < -0.3 is 30.2 Å². The summed E-state index contributed by atoms with van der Waals surface area (Å²) in [5.74, 6) is -1.90. The molecule has 0 radical (unpaired) electrons. The first-order chi connectivity index (χ1) is 21.2. The van der Waals surface area contributed by atoms with Crippen LogP contribution < -0.4 is 10.5 Å². The van der Waals surface area contributed by atoms with Crippen molar-refractivity contribution in [2.75, 3.05) is 12.3 Å². The first-order valence-corrected chi connectivity index (χ1v) is 15.6. The van der Waals surface area contributed by atoms with Gasteiger partial charge in [0.05, 0.1) is 12.2 Å². The van der Waals surface area contributed by atoms with Crippen LogP contribution in [0.1, 0.15) is 47.0 Å². The van der Waals surface area contributed by atoms with E-state index in [1.807, 2.05) is 19.9 Å². The maximum absolute atomic E-state index is 17.5. The number of hydrogen-bond donors (Lipinski definition) is 3. The van der Waals surface area contributed by atoms with Crippen molar-refractivity contribution in [3.05, 3.63) is 72.1 Å². The summed E-state index contributed by atoms with van der Waals surface area (Å²) in [6.45, 7) is 6.14. The molecule has 45 heavy (non-hydrogen) atoms. The van der Waals surface area contributed by atoms with E-state index in [1.54, 1.807) is 43.3 Å². The molecule has 1 aromatic carbocycles. The van der Waals surface area contributed by atoms with Crippen LogP contribution in [0.4, 0.5) is 14.5 Å². The van der Waals surface area contributed by atoms with Gasteiger partial charge in [-0.15, -0.1) is 0 Å². The smallest absolute Gasteiger partial charge is 0.193 e. The predicted octanol–water partition coefficient (Wildman–Crippen LogP) is 4.71. The number of benzene rings is 1. The number of nitrogen functional groups attached to an aromatic ring is 1. The number of anilines is 1. The number of aliphatic hydroxyl groups excluding tert-OH is 2. The van der Waals surface area contributed by atoms with E-state index < -0.39 is 76.8 Å². The van der Waals surface area contributed by atoms with E-state index in [9.17, 15) is 19.8 Å². The number of ether oxygens (including phenoxy) is 3. The van der Waals surface area contributed by atoms with Gasteiger partial charge in [-0.25, -0.2) is 8.78 Å². The zero-order valence-electron chi connectivity index (χ0n) is 25.9. The van der Waals surface area contributed by atoms with Crippen molar-refractivity contribution in [1.29, 1.82) is 0 Å². The Morgan fingerprint density at radius 2 is 2.02 bits per heavy atom. The quantitative estimate of drug-likeness (QED) is 0.226.